The number of carbonyl (C=O) groups excluding carboxylic acids is 1. The normalized spacial score (nSPS) is 24.1. The number of rotatable bonds is 9. The van der Waals surface area contributed by atoms with E-state index in [0.29, 0.717) is 60.2 Å². The van der Waals surface area contributed by atoms with Crippen LogP contribution in [0.1, 0.15) is 67.8 Å². The standard InChI is InChI=1S/C31H46N4O5S/c1-23-20-27(39-4)21-24(2)31(23)41(37,38)35-15-14-34-13-7-11-28(34)29(35)10-6-12-30(36)32(3)25-8-5-9-26(22-25)33-16-18-40-19-17-33/h7,11,13,20-21,25-26,29H,5-6,8-10,12,14-19,22H2,1-4H3. The van der Waals surface area contributed by atoms with Crippen molar-refractivity contribution in [2.24, 2.45) is 0 Å². The minimum Gasteiger partial charge on any atom is -0.497 e. The summed E-state index contributed by atoms with van der Waals surface area (Å²) in [4.78, 5) is 18.2. The first-order chi connectivity index (χ1) is 19.7. The van der Waals surface area contributed by atoms with E-state index in [1.165, 1.54) is 6.42 Å². The highest BCUT2D eigenvalue weighted by molar-refractivity contribution is 7.89. The van der Waals surface area contributed by atoms with Gasteiger partial charge in [0.05, 0.1) is 31.3 Å². The predicted molar refractivity (Wildman–Crippen MR) is 159 cm³/mol. The Morgan fingerprint density at radius 1 is 1.10 bits per heavy atom. The zero-order valence-electron chi connectivity index (χ0n) is 25.0. The number of sulfonamides is 1. The highest BCUT2D eigenvalue weighted by atomic mass is 32.2. The Labute approximate surface area is 245 Å². The van der Waals surface area contributed by atoms with Gasteiger partial charge in [0.25, 0.3) is 0 Å². The third-order valence-corrected chi connectivity index (χ3v) is 11.6. The number of amides is 1. The van der Waals surface area contributed by atoms with Crippen LogP contribution < -0.4 is 4.74 Å². The molecule has 3 atom stereocenters. The molecule has 3 heterocycles. The molecule has 1 aliphatic carbocycles. The Morgan fingerprint density at radius 3 is 2.54 bits per heavy atom. The van der Waals surface area contributed by atoms with E-state index in [0.717, 1.165) is 51.3 Å². The highest BCUT2D eigenvalue weighted by Crippen LogP contribution is 2.38. The molecule has 2 aliphatic heterocycles. The number of methoxy groups -OCH3 is 1. The Bertz CT molecular complexity index is 1300. The molecule has 1 aromatic heterocycles. The monoisotopic (exact) mass is 586 g/mol. The van der Waals surface area contributed by atoms with Crippen molar-refractivity contribution >= 4 is 15.9 Å². The van der Waals surface area contributed by atoms with Crippen molar-refractivity contribution in [2.45, 2.75) is 88.4 Å². The molecule has 226 valence electrons. The van der Waals surface area contributed by atoms with Crippen LogP contribution >= 0.6 is 0 Å². The zero-order chi connectivity index (χ0) is 29.1. The van der Waals surface area contributed by atoms with Crippen LogP contribution in [-0.4, -0.2) is 92.1 Å². The number of fused-ring (bicyclic) bond motifs is 1. The molecule has 3 aliphatic rings. The summed E-state index contributed by atoms with van der Waals surface area (Å²) in [6, 6.07) is 8.02. The number of nitrogens with zero attached hydrogens (tertiary/aromatic N) is 4. The molecule has 1 aromatic carbocycles. The molecule has 0 N–H and O–H groups in total. The maximum atomic E-state index is 14.1. The van der Waals surface area contributed by atoms with Crippen molar-refractivity contribution in [3.05, 3.63) is 47.3 Å². The molecule has 0 bridgehead atoms. The molecule has 2 fully saturated rings. The van der Waals surface area contributed by atoms with Crippen LogP contribution in [0.15, 0.2) is 35.4 Å². The van der Waals surface area contributed by atoms with Crippen LogP contribution in [0, 0.1) is 13.8 Å². The number of hydrogen-bond donors (Lipinski definition) is 0. The first-order valence-electron chi connectivity index (χ1n) is 15.1. The summed E-state index contributed by atoms with van der Waals surface area (Å²) >= 11 is 0. The van der Waals surface area contributed by atoms with E-state index in [4.69, 9.17) is 9.47 Å². The average molecular weight is 587 g/mol. The summed E-state index contributed by atoms with van der Waals surface area (Å²) in [5.74, 6) is 0.806. The predicted octanol–water partition coefficient (Wildman–Crippen LogP) is 4.13. The fourth-order valence-electron chi connectivity index (χ4n) is 7.17. The van der Waals surface area contributed by atoms with E-state index in [2.05, 4.69) is 9.47 Å². The lowest BCUT2D eigenvalue weighted by atomic mass is 9.88. The van der Waals surface area contributed by atoms with Gasteiger partial charge in [0.1, 0.15) is 5.75 Å². The van der Waals surface area contributed by atoms with E-state index >= 15 is 0 Å². The second kappa shape index (κ2) is 12.9. The van der Waals surface area contributed by atoms with Crippen molar-refractivity contribution in [3.8, 4) is 5.75 Å². The number of carbonyl (C=O) groups is 1. The smallest absolute Gasteiger partial charge is 0.244 e. The number of aromatic nitrogens is 1. The number of morpholine rings is 1. The first-order valence-corrected chi connectivity index (χ1v) is 16.5. The minimum absolute atomic E-state index is 0.153. The summed E-state index contributed by atoms with van der Waals surface area (Å²) in [6.07, 6.45) is 8.06. The third-order valence-electron chi connectivity index (χ3n) is 9.34. The maximum Gasteiger partial charge on any atom is 0.244 e. The molecule has 5 rings (SSSR count). The molecular weight excluding hydrogens is 540 g/mol. The van der Waals surface area contributed by atoms with Crippen molar-refractivity contribution in [2.75, 3.05) is 47.0 Å². The Balaban J connectivity index is 1.26. The van der Waals surface area contributed by atoms with E-state index in [9.17, 15) is 13.2 Å². The quantitative estimate of drug-likeness (QED) is 0.440. The average Bonchev–Trinajstić information content (AvgIpc) is 3.46. The molecule has 1 saturated heterocycles. The van der Waals surface area contributed by atoms with Gasteiger partial charge in [-0.3, -0.25) is 9.69 Å². The lowest BCUT2D eigenvalue weighted by Crippen LogP contribution is -2.49. The van der Waals surface area contributed by atoms with Gasteiger partial charge in [0, 0.05) is 63.6 Å². The molecule has 10 heteroatoms. The first kappa shape index (κ1) is 30.1. The summed E-state index contributed by atoms with van der Waals surface area (Å²) in [6.45, 7) is 8.22. The largest absolute Gasteiger partial charge is 0.497 e. The number of hydrogen-bond acceptors (Lipinski definition) is 6. The third kappa shape index (κ3) is 6.35. The van der Waals surface area contributed by atoms with Gasteiger partial charge in [-0.25, -0.2) is 8.42 Å². The summed E-state index contributed by atoms with van der Waals surface area (Å²) < 4.78 is 43.0. The van der Waals surface area contributed by atoms with Gasteiger partial charge in [-0.15, -0.1) is 0 Å². The minimum atomic E-state index is -3.76. The van der Waals surface area contributed by atoms with Crippen LogP contribution in [0.2, 0.25) is 0 Å². The zero-order valence-corrected chi connectivity index (χ0v) is 25.9. The van der Waals surface area contributed by atoms with Crippen LogP contribution in [0.25, 0.3) is 0 Å². The van der Waals surface area contributed by atoms with Gasteiger partial charge >= 0.3 is 0 Å². The molecule has 9 nitrogen and oxygen atoms in total. The van der Waals surface area contributed by atoms with E-state index in [1.54, 1.807) is 23.5 Å². The fraction of sp³-hybridized carbons (Fsp3) is 0.645. The van der Waals surface area contributed by atoms with Crippen molar-refractivity contribution in [3.63, 3.8) is 0 Å². The van der Waals surface area contributed by atoms with Crippen molar-refractivity contribution < 1.29 is 22.7 Å². The second-order valence-corrected chi connectivity index (χ2v) is 13.7. The maximum absolute atomic E-state index is 14.1. The Kier molecular flexibility index (Phi) is 9.43. The molecule has 0 radical (unpaired) electrons. The summed E-state index contributed by atoms with van der Waals surface area (Å²) in [5, 5.41) is 0. The number of aryl methyl sites for hydroxylation is 2. The van der Waals surface area contributed by atoms with Crippen molar-refractivity contribution in [1.29, 1.82) is 0 Å². The van der Waals surface area contributed by atoms with Crippen LogP contribution in [0.3, 0.4) is 0 Å². The van der Waals surface area contributed by atoms with E-state index < -0.39 is 10.0 Å². The number of benzene rings is 1. The molecule has 0 spiro atoms. The lowest BCUT2D eigenvalue weighted by molar-refractivity contribution is -0.133. The molecule has 1 amide bonds. The van der Waals surface area contributed by atoms with Crippen LogP contribution in [0.4, 0.5) is 0 Å². The Morgan fingerprint density at radius 2 is 1.83 bits per heavy atom. The summed E-state index contributed by atoms with van der Waals surface area (Å²) in [7, 11) is -0.223. The van der Waals surface area contributed by atoms with Gasteiger partial charge in [-0.2, -0.15) is 4.31 Å². The molecule has 2 aromatic rings. The molecule has 41 heavy (non-hydrogen) atoms. The molecule has 3 unspecified atom stereocenters. The van der Waals surface area contributed by atoms with Crippen molar-refractivity contribution in [1.82, 2.24) is 18.7 Å². The van der Waals surface area contributed by atoms with Crippen LogP contribution in [0.5, 0.6) is 5.75 Å². The highest BCUT2D eigenvalue weighted by Gasteiger charge is 2.38. The fourth-order valence-corrected chi connectivity index (χ4v) is 9.20. The SMILES string of the molecule is COc1cc(C)c(S(=O)(=O)N2CCn3cccc3C2CCCC(=O)N(C)C2CCCC(N3CCOCC3)C2)c(C)c1. The van der Waals surface area contributed by atoms with E-state index in [1.807, 2.05) is 44.1 Å². The van der Waals surface area contributed by atoms with Crippen LogP contribution in [-0.2, 0) is 26.1 Å². The Hall–Kier alpha value is -2.40. The lowest BCUT2D eigenvalue weighted by Gasteiger charge is -2.42. The topological polar surface area (TPSA) is 84.3 Å². The van der Waals surface area contributed by atoms with Gasteiger partial charge in [0.15, 0.2) is 0 Å². The van der Waals surface area contributed by atoms with Gasteiger partial charge in [0.2, 0.25) is 15.9 Å². The number of ether oxygens (including phenoxy) is 2. The van der Waals surface area contributed by atoms with Gasteiger partial charge < -0.3 is 18.9 Å². The molecular formula is C31H46N4O5S. The van der Waals surface area contributed by atoms with E-state index in [-0.39, 0.29) is 18.0 Å². The summed E-state index contributed by atoms with van der Waals surface area (Å²) in [5.41, 5.74) is 2.35. The second-order valence-electron chi connectivity index (χ2n) is 11.9. The molecule has 1 saturated carbocycles. The van der Waals surface area contributed by atoms with Gasteiger partial charge in [-0.1, -0.05) is 0 Å². The van der Waals surface area contributed by atoms with Gasteiger partial charge in [-0.05, 0) is 87.8 Å².